The third kappa shape index (κ3) is 2.94. The van der Waals surface area contributed by atoms with Crippen molar-refractivity contribution in [3.8, 4) is 0 Å². The summed E-state index contributed by atoms with van der Waals surface area (Å²) in [7, 11) is 0. The van der Waals surface area contributed by atoms with Crippen molar-refractivity contribution in [2.45, 2.75) is 16.6 Å². The molecule has 1 aromatic carbocycles. The van der Waals surface area contributed by atoms with Gasteiger partial charge in [0.25, 0.3) is 8.68 Å². The average Bonchev–Trinajstić information content (AvgIpc) is 2.34. The van der Waals surface area contributed by atoms with E-state index in [1.807, 2.05) is 0 Å². The van der Waals surface area contributed by atoms with E-state index in [0.29, 0.717) is 10.9 Å². The maximum atomic E-state index is 12.2. The van der Waals surface area contributed by atoms with Crippen LogP contribution in [0.5, 0.6) is 0 Å². The molecule has 19 heavy (non-hydrogen) atoms. The van der Waals surface area contributed by atoms with Crippen LogP contribution in [0.3, 0.4) is 0 Å². The molecule has 0 spiro atoms. The molecule has 102 valence electrons. The molecule has 8 heteroatoms. The van der Waals surface area contributed by atoms with Crippen LogP contribution in [-0.2, 0) is 6.54 Å². The van der Waals surface area contributed by atoms with E-state index in [9.17, 15) is 9.59 Å². The summed E-state index contributed by atoms with van der Waals surface area (Å²) in [5, 5.41) is 0.408. The zero-order chi connectivity index (χ0) is 14.2. The molecule has 0 unspecified atom stereocenters. The Kier molecular flexibility index (Phi) is 4.20. The number of fused-ring (bicyclic) bond motifs is 1. The second-order valence-corrected chi connectivity index (χ2v) is 7.79. The number of benzene rings is 1. The van der Waals surface area contributed by atoms with E-state index in [-0.39, 0.29) is 12.1 Å². The van der Waals surface area contributed by atoms with E-state index >= 15 is 0 Å². The molecule has 0 N–H and O–H groups in total. The first-order valence-corrected chi connectivity index (χ1v) is 7.26. The van der Waals surface area contributed by atoms with Gasteiger partial charge in [0.2, 0.25) is 0 Å². The fourth-order valence-corrected chi connectivity index (χ4v) is 3.01. The Labute approximate surface area is 128 Å². The molecule has 1 heterocycles. The topological polar surface area (TPSA) is 44.0 Å². The first-order chi connectivity index (χ1) is 8.85. The highest BCUT2D eigenvalue weighted by atomic mass is 35.6. The molecule has 0 radical (unpaired) electrons. The molecule has 2 rings (SSSR count). The van der Waals surface area contributed by atoms with Gasteiger partial charge in [-0.05, 0) is 19.1 Å². The maximum Gasteiger partial charge on any atom is 0.341 e. The highest BCUT2D eigenvalue weighted by Gasteiger charge is 2.25. The Morgan fingerprint density at radius 2 is 1.84 bits per heavy atom. The van der Waals surface area contributed by atoms with Crippen LogP contribution in [0.2, 0.25) is 0 Å². The molecule has 0 aliphatic carbocycles. The van der Waals surface area contributed by atoms with Crippen molar-refractivity contribution in [1.82, 2.24) is 8.54 Å². The molecular weight excluding hydrogens is 331 g/mol. The van der Waals surface area contributed by atoms with Gasteiger partial charge in [0.15, 0.2) is 0 Å². The number of nitrogens with zero attached hydrogens (tertiary/aromatic N) is 2. The van der Waals surface area contributed by atoms with Crippen LogP contribution in [-0.4, -0.2) is 11.7 Å². The molecule has 0 atom stereocenters. The summed E-state index contributed by atoms with van der Waals surface area (Å²) in [4.78, 5) is 24.4. The summed E-state index contributed by atoms with van der Waals surface area (Å²) in [5.74, 6) is 0. The smallest absolute Gasteiger partial charge is 0.268 e. The van der Waals surface area contributed by atoms with Crippen molar-refractivity contribution in [2.75, 3.05) is 0 Å². The second kappa shape index (κ2) is 5.40. The van der Waals surface area contributed by atoms with Crippen molar-refractivity contribution in [3.05, 3.63) is 45.1 Å². The van der Waals surface area contributed by atoms with Crippen LogP contribution in [0.1, 0.15) is 6.92 Å². The van der Waals surface area contributed by atoms with Crippen molar-refractivity contribution >= 4 is 57.7 Å². The molecule has 0 amide bonds. The fraction of sp³-hybridized carbons (Fsp3) is 0.273. The van der Waals surface area contributed by atoms with Gasteiger partial charge in [-0.25, -0.2) is 8.77 Å². The van der Waals surface area contributed by atoms with Crippen molar-refractivity contribution in [2.24, 2.45) is 0 Å². The van der Waals surface area contributed by atoms with Crippen LogP contribution < -0.4 is 11.2 Å². The standard InChI is InChI=1S/C11H9Cl3N2O2S/c1-2-15-9(17)7-5-3-4-6-8(7)16(10(15)18)19-11(12,13)14/h3-6H,2H2,1H3. The van der Waals surface area contributed by atoms with E-state index in [1.54, 1.807) is 31.2 Å². The van der Waals surface area contributed by atoms with Gasteiger partial charge >= 0.3 is 5.69 Å². The first kappa shape index (κ1) is 14.8. The van der Waals surface area contributed by atoms with Crippen LogP contribution in [0.15, 0.2) is 33.9 Å². The van der Waals surface area contributed by atoms with Gasteiger partial charge in [-0.1, -0.05) is 46.9 Å². The number of para-hydroxylation sites is 1. The Bertz CT molecular complexity index is 733. The van der Waals surface area contributed by atoms with Crippen LogP contribution in [0.4, 0.5) is 0 Å². The fourth-order valence-electron chi connectivity index (χ4n) is 1.75. The van der Waals surface area contributed by atoms with Gasteiger partial charge < -0.3 is 0 Å². The summed E-state index contributed by atoms with van der Waals surface area (Å²) < 4.78 is 0.640. The Hall–Kier alpha value is -0.620. The quantitative estimate of drug-likeness (QED) is 0.790. The monoisotopic (exact) mass is 338 g/mol. The Morgan fingerprint density at radius 3 is 2.42 bits per heavy atom. The van der Waals surface area contributed by atoms with Gasteiger partial charge in [-0.3, -0.25) is 9.36 Å². The minimum Gasteiger partial charge on any atom is -0.268 e. The zero-order valence-corrected chi connectivity index (χ0v) is 12.9. The van der Waals surface area contributed by atoms with Gasteiger partial charge in [0.05, 0.1) is 10.9 Å². The summed E-state index contributed by atoms with van der Waals surface area (Å²) >= 11 is 17.9. The van der Waals surface area contributed by atoms with Crippen molar-refractivity contribution in [3.63, 3.8) is 0 Å². The highest BCUT2D eigenvalue weighted by molar-refractivity contribution is 8.03. The van der Waals surface area contributed by atoms with Crippen LogP contribution in [0, 0.1) is 0 Å². The van der Waals surface area contributed by atoms with E-state index in [4.69, 9.17) is 34.8 Å². The van der Waals surface area contributed by atoms with E-state index < -0.39 is 8.81 Å². The normalized spacial score (nSPS) is 12.0. The van der Waals surface area contributed by atoms with Crippen molar-refractivity contribution < 1.29 is 0 Å². The highest BCUT2D eigenvalue weighted by Crippen LogP contribution is 2.39. The third-order valence-corrected chi connectivity index (χ3v) is 3.88. The maximum absolute atomic E-state index is 12.2. The lowest BCUT2D eigenvalue weighted by Crippen LogP contribution is -2.38. The molecule has 1 aromatic heterocycles. The lowest BCUT2D eigenvalue weighted by molar-refractivity contribution is 0.676. The largest absolute Gasteiger partial charge is 0.341 e. The van der Waals surface area contributed by atoms with Gasteiger partial charge in [0.1, 0.15) is 0 Å². The predicted molar refractivity (Wildman–Crippen MR) is 81.4 cm³/mol. The number of hydrogen-bond donors (Lipinski definition) is 0. The molecular formula is C11H9Cl3N2O2S. The lowest BCUT2D eigenvalue weighted by Gasteiger charge is -2.15. The van der Waals surface area contributed by atoms with Crippen LogP contribution >= 0.6 is 46.8 Å². The zero-order valence-electron chi connectivity index (χ0n) is 9.77. The van der Waals surface area contributed by atoms with E-state index in [1.165, 1.54) is 3.97 Å². The molecule has 0 aliphatic heterocycles. The van der Waals surface area contributed by atoms with Crippen molar-refractivity contribution in [1.29, 1.82) is 0 Å². The van der Waals surface area contributed by atoms with Gasteiger partial charge in [-0.15, -0.1) is 0 Å². The molecule has 0 fully saturated rings. The number of alkyl halides is 3. The summed E-state index contributed by atoms with van der Waals surface area (Å²) in [5.41, 5.74) is -0.426. The van der Waals surface area contributed by atoms with Gasteiger partial charge in [-0.2, -0.15) is 0 Å². The Morgan fingerprint density at radius 1 is 1.21 bits per heavy atom. The second-order valence-electron chi connectivity index (χ2n) is 3.68. The van der Waals surface area contributed by atoms with Crippen LogP contribution in [0.25, 0.3) is 10.9 Å². The summed E-state index contributed by atoms with van der Waals surface area (Å²) in [6.45, 7) is 1.96. The van der Waals surface area contributed by atoms with E-state index in [0.717, 1.165) is 16.5 Å². The Balaban J connectivity index is 2.89. The van der Waals surface area contributed by atoms with Gasteiger partial charge in [0, 0.05) is 18.5 Å². The molecule has 0 saturated heterocycles. The number of rotatable bonds is 2. The average molecular weight is 340 g/mol. The first-order valence-electron chi connectivity index (χ1n) is 5.36. The molecule has 4 nitrogen and oxygen atoms in total. The molecule has 0 bridgehead atoms. The molecule has 2 aromatic rings. The SMILES string of the molecule is CCn1c(=O)c2ccccc2n(SC(Cl)(Cl)Cl)c1=O. The number of halogens is 3. The lowest BCUT2D eigenvalue weighted by atomic mass is 10.2. The minimum atomic E-state index is -1.69. The number of aromatic nitrogens is 2. The summed E-state index contributed by atoms with van der Waals surface area (Å²) in [6.07, 6.45) is 0. The predicted octanol–water partition coefficient (Wildman–Crippen LogP) is 3.01. The molecule has 0 saturated carbocycles. The summed E-state index contributed by atoms with van der Waals surface area (Å²) in [6, 6.07) is 6.71. The third-order valence-electron chi connectivity index (χ3n) is 2.51. The molecule has 0 aliphatic rings. The minimum absolute atomic E-state index is 0.253. The number of hydrogen-bond acceptors (Lipinski definition) is 3. The van der Waals surface area contributed by atoms with E-state index in [2.05, 4.69) is 0 Å².